The zero-order chi connectivity index (χ0) is 17.2. The molecule has 1 fully saturated rings. The van der Waals surface area contributed by atoms with Crippen molar-refractivity contribution in [1.29, 1.82) is 0 Å². The van der Waals surface area contributed by atoms with Crippen LogP contribution in [0.4, 0.5) is 19.0 Å². The SMILES string of the molecule is Cc1cc(NC2CCCNC2)nc(-c2ccc(C(F)(F)F)cc2)n1. The molecule has 24 heavy (non-hydrogen) atoms. The van der Waals surface area contributed by atoms with Gasteiger partial charge in [0.05, 0.1) is 5.56 Å². The lowest BCUT2D eigenvalue weighted by Gasteiger charge is -2.24. The third kappa shape index (κ3) is 4.03. The molecule has 2 heterocycles. The third-order valence-corrected chi connectivity index (χ3v) is 3.97. The van der Waals surface area contributed by atoms with Gasteiger partial charge in [-0.25, -0.2) is 9.97 Å². The fraction of sp³-hybridized carbons (Fsp3) is 0.412. The smallest absolute Gasteiger partial charge is 0.366 e. The van der Waals surface area contributed by atoms with Gasteiger partial charge in [0.1, 0.15) is 5.82 Å². The topological polar surface area (TPSA) is 49.8 Å². The van der Waals surface area contributed by atoms with Gasteiger partial charge in [-0.15, -0.1) is 0 Å². The number of aryl methyl sites for hydroxylation is 1. The molecule has 4 nitrogen and oxygen atoms in total. The Kier molecular flexibility index (Phi) is 4.71. The van der Waals surface area contributed by atoms with E-state index in [4.69, 9.17) is 0 Å². The summed E-state index contributed by atoms with van der Waals surface area (Å²) >= 11 is 0. The maximum absolute atomic E-state index is 12.7. The number of hydrogen-bond donors (Lipinski definition) is 2. The van der Waals surface area contributed by atoms with E-state index in [1.165, 1.54) is 12.1 Å². The molecule has 1 aromatic heterocycles. The van der Waals surface area contributed by atoms with E-state index in [1.807, 2.05) is 13.0 Å². The molecule has 0 aliphatic carbocycles. The average Bonchev–Trinajstić information content (AvgIpc) is 2.54. The largest absolute Gasteiger partial charge is 0.416 e. The van der Waals surface area contributed by atoms with Gasteiger partial charge in [-0.05, 0) is 38.4 Å². The molecule has 0 amide bonds. The standard InChI is InChI=1S/C17H19F3N4/c1-11-9-15(23-14-3-2-8-21-10-14)24-16(22-11)12-4-6-13(7-5-12)17(18,19)20/h4-7,9,14,21H,2-3,8,10H2,1H3,(H,22,23,24). The number of halogens is 3. The molecule has 1 aromatic carbocycles. The van der Waals surface area contributed by atoms with E-state index >= 15 is 0 Å². The zero-order valence-electron chi connectivity index (χ0n) is 13.3. The van der Waals surface area contributed by atoms with Crippen molar-refractivity contribution in [3.8, 4) is 11.4 Å². The molecule has 1 aliphatic rings. The van der Waals surface area contributed by atoms with Crippen molar-refractivity contribution < 1.29 is 13.2 Å². The zero-order valence-corrected chi connectivity index (χ0v) is 13.3. The number of aromatic nitrogens is 2. The maximum atomic E-state index is 12.7. The maximum Gasteiger partial charge on any atom is 0.416 e. The van der Waals surface area contributed by atoms with Crippen LogP contribution in [0.15, 0.2) is 30.3 Å². The number of nitrogens with one attached hydrogen (secondary N) is 2. The monoisotopic (exact) mass is 336 g/mol. The molecule has 0 bridgehead atoms. The third-order valence-electron chi connectivity index (χ3n) is 3.97. The van der Waals surface area contributed by atoms with Crippen LogP contribution in [0.5, 0.6) is 0 Å². The van der Waals surface area contributed by atoms with Gasteiger partial charge in [-0.2, -0.15) is 13.2 Å². The number of alkyl halides is 3. The van der Waals surface area contributed by atoms with E-state index in [2.05, 4.69) is 20.6 Å². The summed E-state index contributed by atoms with van der Waals surface area (Å²) in [6.07, 6.45) is -2.17. The van der Waals surface area contributed by atoms with Crippen molar-refractivity contribution in [1.82, 2.24) is 15.3 Å². The molecule has 0 saturated carbocycles. The summed E-state index contributed by atoms with van der Waals surface area (Å²) in [4.78, 5) is 8.80. The van der Waals surface area contributed by atoms with E-state index in [1.54, 1.807) is 0 Å². The van der Waals surface area contributed by atoms with E-state index < -0.39 is 11.7 Å². The first-order valence-electron chi connectivity index (χ1n) is 7.92. The summed E-state index contributed by atoms with van der Waals surface area (Å²) < 4.78 is 38.0. The highest BCUT2D eigenvalue weighted by Crippen LogP contribution is 2.30. The van der Waals surface area contributed by atoms with Crippen LogP contribution < -0.4 is 10.6 Å². The molecule has 3 rings (SSSR count). The fourth-order valence-corrected chi connectivity index (χ4v) is 2.76. The highest BCUT2D eigenvalue weighted by Gasteiger charge is 2.30. The molecule has 0 spiro atoms. The summed E-state index contributed by atoms with van der Waals surface area (Å²) in [5, 5.41) is 6.70. The van der Waals surface area contributed by atoms with E-state index in [-0.39, 0.29) is 0 Å². The van der Waals surface area contributed by atoms with Crippen LogP contribution in [0.2, 0.25) is 0 Å². The van der Waals surface area contributed by atoms with Crippen molar-refractivity contribution in [2.45, 2.75) is 32.0 Å². The van der Waals surface area contributed by atoms with E-state index in [0.717, 1.165) is 43.8 Å². The molecule has 0 radical (unpaired) electrons. The number of nitrogens with zero attached hydrogens (tertiary/aromatic N) is 2. The number of anilines is 1. The highest BCUT2D eigenvalue weighted by atomic mass is 19.4. The number of rotatable bonds is 3. The first-order chi connectivity index (χ1) is 11.4. The van der Waals surface area contributed by atoms with Gasteiger partial charge < -0.3 is 10.6 Å². The Balaban J connectivity index is 1.82. The lowest BCUT2D eigenvalue weighted by molar-refractivity contribution is -0.137. The van der Waals surface area contributed by atoms with Gasteiger partial charge in [-0.3, -0.25) is 0 Å². The van der Waals surface area contributed by atoms with Gasteiger partial charge in [0, 0.05) is 29.9 Å². The average molecular weight is 336 g/mol. The van der Waals surface area contributed by atoms with Crippen molar-refractivity contribution >= 4 is 5.82 Å². The molecule has 1 unspecified atom stereocenters. The lowest BCUT2D eigenvalue weighted by Crippen LogP contribution is -2.38. The Labute approximate surface area is 138 Å². The van der Waals surface area contributed by atoms with Gasteiger partial charge in [0.25, 0.3) is 0 Å². The van der Waals surface area contributed by atoms with Crippen LogP contribution in [0.25, 0.3) is 11.4 Å². The van der Waals surface area contributed by atoms with Crippen molar-refractivity contribution in [2.75, 3.05) is 18.4 Å². The van der Waals surface area contributed by atoms with Gasteiger partial charge >= 0.3 is 6.18 Å². The van der Waals surface area contributed by atoms with E-state index in [0.29, 0.717) is 23.2 Å². The van der Waals surface area contributed by atoms with Crippen LogP contribution in [-0.4, -0.2) is 29.1 Å². The fourth-order valence-electron chi connectivity index (χ4n) is 2.76. The second kappa shape index (κ2) is 6.76. The predicted octanol–water partition coefficient (Wildman–Crippen LogP) is 3.63. The second-order valence-corrected chi connectivity index (χ2v) is 5.98. The molecular formula is C17H19F3N4. The summed E-state index contributed by atoms with van der Waals surface area (Å²) in [5.41, 5.74) is 0.660. The highest BCUT2D eigenvalue weighted by molar-refractivity contribution is 5.58. The number of hydrogen-bond acceptors (Lipinski definition) is 4. The Morgan fingerprint density at radius 1 is 1.17 bits per heavy atom. The van der Waals surface area contributed by atoms with Gasteiger partial charge in [-0.1, -0.05) is 12.1 Å². The number of benzene rings is 1. The van der Waals surface area contributed by atoms with Crippen LogP contribution in [0, 0.1) is 6.92 Å². The minimum absolute atomic E-state index is 0.300. The van der Waals surface area contributed by atoms with Gasteiger partial charge in [0.15, 0.2) is 5.82 Å². The van der Waals surface area contributed by atoms with E-state index in [9.17, 15) is 13.2 Å². The summed E-state index contributed by atoms with van der Waals surface area (Å²) in [5.74, 6) is 1.13. The lowest BCUT2D eigenvalue weighted by atomic mass is 10.1. The predicted molar refractivity (Wildman–Crippen MR) is 86.7 cm³/mol. The van der Waals surface area contributed by atoms with Crippen LogP contribution in [-0.2, 0) is 6.18 Å². The van der Waals surface area contributed by atoms with Crippen LogP contribution in [0.1, 0.15) is 24.1 Å². The molecule has 2 aromatic rings. The summed E-state index contributed by atoms with van der Waals surface area (Å²) in [6, 6.07) is 7.07. The Morgan fingerprint density at radius 2 is 1.92 bits per heavy atom. The molecule has 1 atom stereocenters. The normalized spacial score (nSPS) is 18.4. The summed E-state index contributed by atoms with van der Waals surface area (Å²) in [7, 11) is 0. The molecule has 2 N–H and O–H groups in total. The van der Waals surface area contributed by atoms with Crippen LogP contribution in [0.3, 0.4) is 0 Å². The van der Waals surface area contributed by atoms with Crippen molar-refractivity contribution in [3.05, 3.63) is 41.6 Å². The molecule has 7 heteroatoms. The first kappa shape index (κ1) is 16.7. The van der Waals surface area contributed by atoms with Crippen molar-refractivity contribution in [3.63, 3.8) is 0 Å². The minimum atomic E-state index is -4.34. The Morgan fingerprint density at radius 3 is 2.54 bits per heavy atom. The first-order valence-corrected chi connectivity index (χ1v) is 7.92. The Bertz CT molecular complexity index is 692. The second-order valence-electron chi connectivity index (χ2n) is 5.98. The molecule has 128 valence electrons. The van der Waals surface area contributed by atoms with Crippen molar-refractivity contribution in [2.24, 2.45) is 0 Å². The molecule has 1 aliphatic heterocycles. The quantitative estimate of drug-likeness (QED) is 0.899. The minimum Gasteiger partial charge on any atom is -0.366 e. The Hall–Kier alpha value is -2.15. The molecule has 1 saturated heterocycles. The number of piperidine rings is 1. The summed E-state index contributed by atoms with van der Waals surface area (Å²) in [6.45, 7) is 3.75. The van der Waals surface area contributed by atoms with Crippen LogP contribution >= 0.6 is 0 Å². The molecular weight excluding hydrogens is 317 g/mol. The van der Waals surface area contributed by atoms with Gasteiger partial charge in [0.2, 0.25) is 0 Å².